The molecule has 2 aromatic carbocycles. The molecule has 0 radical (unpaired) electrons. The molecule has 2 aromatic rings. The third-order valence-electron chi connectivity index (χ3n) is 5.30. The van der Waals surface area contributed by atoms with E-state index in [1.165, 1.54) is 6.92 Å². The lowest BCUT2D eigenvalue weighted by molar-refractivity contribution is -0.131. The van der Waals surface area contributed by atoms with Crippen molar-refractivity contribution in [3.05, 3.63) is 53.6 Å². The number of carbonyl (C=O) groups excluding carboxylic acids is 3. The Hall–Kier alpha value is -3.55. The first kappa shape index (κ1) is 23.1. The van der Waals surface area contributed by atoms with Gasteiger partial charge in [-0.1, -0.05) is 12.1 Å². The summed E-state index contributed by atoms with van der Waals surface area (Å²) in [6.07, 6.45) is 1.59. The van der Waals surface area contributed by atoms with Crippen LogP contribution < -0.4 is 19.5 Å². The SMILES string of the molecule is COc1ccc(CC(=O)NC2CCN(C(=O)c3cccc(OC(C)=O)c3)CC2)cc1OC. The number of nitrogens with zero attached hydrogens (tertiary/aromatic N) is 1. The lowest BCUT2D eigenvalue weighted by Gasteiger charge is -2.32. The summed E-state index contributed by atoms with van der Waals surface area (Å²) in [7, 11) is 3.13. The van der Waals surface area contributed by atoms with Crippen LogP contribution >= 0.6 is 0 Å². The topological polar surface area (TPSA) is 94.2 Å². The highest BCUT2D eigenvalue weighted by Crippen LogP contribution is 2.27. The van der Waals surface area contributed by atoms with Crippen LogP contribution in [0.4, 0.5) is 0 Å². The summed E-state index contributed by atoms with van der Waals surface area (Å²) < 4.78 is 15.6. The minimum Gasteiger partial charge on any atom is -0.493 e. The van der Waals surface area contributed by atoms with Gasteiger partial charge in [-0.05, 0) is 48.7 Å². The van der Waals surface area contributed by atoms with E-state index in [1.807, 2.05) is 6.07 Å². The van der Waals surface area contributed by atoms with Crippen molar-refractivity contribution in [3.8, 4) is 17.2 Å². The number of benzene rings is 2. The molecule has 1 N–H and O–H groups in total. The Kier molecular flexibility index (Phi) is 7.70. The molecular weight excluding hydrogens is 412 g/mol. The van der Waals surface area contributed by atoms with Gasteiger partial charge in [0.05, 0.1) is 20.6 Å². The number of amides is 2. The van der Waals surface area contributed by atoms with Crippen LogP contribution in [0.2, 0.25) is 0 Å². The van der Waals surface area contributed by atoms with Crippen LogP contribution in [-0.4, -0.2) is 56.0 Å². The molecule has 8 heteroatoms. The van der Waals surface area contributed by atoms with Crippen LogP contribution in [0.5, 0.6) is 17.2 Å². The summed E-state index contributed by atoms with van der Waals surface area (Å²) in [6, 6.07) is 12.0. The van der Waals surface area contributed by atoms with E-state index in [0.29, 0.717) is 48.7 Å². The fourth-order valence-electron chi connectivity index (χ4n) is 3.72. The molecule has 32 heavy (non-hydrogen) atoms. The third-order valence-corrected chi connectivity index (χ3v) is 5.30. The molecule has 1 saturated heterocycles. The number of methoxy groups -OCH3 is 2. The Morgan fingerprint density at radius 1 is 1.00 bits per heavy atom. The number of likely N-dealkylation sites (tertiary alicyclic amines) is 1. The molecule has 3 rings (SSSR count). The van der Waals surface area contributed by atoms with Gasteiger partial charge in [0.15, 0.2) is 11.5 Å². The van der Waals surface area contributed by atoms with Crippen molar-refractivity contribution in [1.29, 1.82) is 0 Å². The van der Waals surface area contributed by atoms with E-state index in [1.54, 1.807) is 55.5 Å². The lowest BCUT2D eigenvalue weighted by atomic mass is 10.0. The smallest absolute Gasteiger partial charge is 0.308 e. The molecule has 0 saturated carbocycles. The van der Waals surface area contributed by atoms with Gasteiger partial charge in [0.1, 0.15) is 5.75 Å². The monoisotopic (exact) mass is 440 g/mol. The number of carbonyl (C=O) groups is 3. The quantitative estimate of drug-likeness (QED) is 0.525. The van der Waals surface area contributed by atoms with Crippen molar-refractivity contribution in [2.75, 3.05) is 27.3 Å². The van der Waals surface area contributed by atoms with E-state index in [0.717, 1.165) is 5.56 Å². The predicted molar refractivity (Wildman–Crippen MR) is 118 cm³/mol. The van der Waals surface area contributed by atoms with Gasteiger partial charge in [-0.2, -0.15) is 0 Å². The molecule has 0 bridgehead atoms. The van der Waals surface area contributed by atoms with Crippen LogP contribution in [0.15, 0.2) is 42.5 Å². The Bertz CT molecular complexity index is 982. The van der Waals surface area contributed by atoms with Gasteiger partial charge in [-0.15, -0.1) is 0 Å². The average molecular weight is 440 g/mol. The maximum atomic E-state index is 12.8. The number of rotatable bonds is 7. The Morgan fingerprint density at radius 2 is 1.72 bits per heavy atom. The summed E-state index contributed by atoms with van der Waals surface area (Å²) >= 11 is 0. The van der Waals surface area contributed by atoms with Crippen molar-refractivity contribution in [3.63, 3.8) is 0 Å². The minimum absolute atomic E-state index is 0.0130. The zero-order chi connectivity index (χ0) is 23.1. The van der Waals surface area contributed by atoms with Crippen LogP contribution in [-0.2, 0) is 16.0 Å². The number of esters is 1. The first-order valence-electron chi connectivity index (χ1n) is 10.5. The molecule has 0 spiro atoms. The highest BCUT2D eigenvalue weighted by Gasteiger charge is 2.25. The highest BCUT2D eigenvalue weighted by molar-refractivity contribution is 5.94. The summed E-state index contributed by atoms with van der Waals surface area (Å²) in [5.74, 6) is 0.930. The van der Waals surface area contributed by atoms with Gasteiger partial charge < -0.3 is 24.4 Å². The van der Waals surface area contributed by atoms with Crippen LogP contribution in [0.3, 0.4) is 0 Å². The van der Waals surface area contributed by atoms with Gasteiger partial charge in [0.25, 0.3) is 5.91 Å². The molecule has 0 atom stereocenters. The standard InChI is InChI=1S/C24H28N2O6/c1-16(27)32-20-6-4-5-18(15-20)24(29)26-11-9-19(10-12-26)25-23(28)14-17-7-8-21(30-2)22(13-17)31-3/h4-8,13,15,19H,9-12,14H2,1-3H3,(H,25,28). The maximum Gasteiger partial charge on any atom is 0.308 e. The van der Waals surface area contributed by atoms with Gasteiger partial charge in [0, 0.05) is 31.6 Å². The van der Waals surface area contributed by atoms with E-state index in [9.17, 15) is 14.4 Å². The molecule has 8 nitrogen and oxygen atoms in total. The largest absolute Gasteiger partial charge is 0.493 e. The second kappa shape index (κ2) is 10.7. The number of ether oxygens (including phenoxy) is 3. The van der Waals surface area contributed by atoms with Gasteiger partial charge in [0.2, 0.25) is 5.91 Å². The second-order valence-corrected chi connectivity index (χ2v) is 7.62. The molecular formula is C24H28N2O6. The number of piperidine rings is 1. The van der Waals surface area contributed by atoms with Gasteiger partial charge >= 0.3 is 5.97 Å². The third kappa shape index (κ3) is 6.00. The Morgan fingerprint density at radius 3 is 2.38 bits per heavy atom. The Labute approximate surface area is 187 Å². The van der Waals surface area contributed by atoms with Crippen molar-refractivity contribution in [2.24, 2.45) is 0 Å². The molecule has 2 amide bonds. The first-order chi connectivity index (χ1) is 15.4. The molecule has 0 unspecified atom stereocenters. The van der Waals surface area contributed by atoms with Gasteiger partial charge in [-0.25, -0.2) is 0 Å². The molecule has 1 aliphatic rings. The normalized spacial score (nSPS) is 13.9. The first-order valence-corrected chi connectivity index (χ1v) is 10.5. The maximum absolute atomic E-state index is 12.8. The zero-order valence-corrected chi connectivity index (χ0v) is 18.6. The van der Waals surface area contributed by atoms with Gasteiger partial charge in [-0.3, -0.25) is 14.4 Å². The summed E-state index contributed by atoms with van der Waals surface area (Å²) in [5, 5.41) is 3.06. The summed E-state index contributed by atoms with van der Waals surface area (Å²) in [4.78, 5) is 38.2. The predicted octanol–water partition coefficient (Wildman–Crippen LogP) is 2.59. The summed E-state index contributed by atoms with van der Waals surface area (Å²) in [6.45, 7) is 2.40. The van der Waals surface area contributed by atoms with E-state index in [-0.39, 0.29) is 24.3 Å². The number of hydrogen-bond donors (Lipinski definition) is 1. The average Bonchev–Trinajstić information content (AvgIpc) is 2.78. The summed E-state index contributed by atoms with van der Waals surface area (Å²) in [5.41, 5.74) is 1.31. The van der Waals surface area contributed by atoms with E-state index < -0.39 is 5.97 Å². The van der Waals surface area contributed by atoms with Crippen molar-refractivity contribution >= 4 is 17.8 Å². The minimum atomic E-state index is -0.431. The second-order valence-electron chi connectivity index (χ2n) is 7.62. The van der Waals surface area contributed by atoms with Crippen LogP contribution in [0, 0.1) is 0 Å². The van der Waals surface area contributed by atoms with E-state index in [2.05, 4.69) is 5.32 Å². The molecule has 170 valence electrons. The van der Waals surface area contributed by atoms with Crippen LogP contribution in [0.25, 0.3) is 0 Å². The molecule has 1 heterocycles. The van der Waals surface area contributed by atoms with Crippen LogP contribution in [0.1, 0.15) is 35.7 Å². The van der Waals surface area contributed by atoms with Crippen molar-refractivity contribution in [2.45, 2.75) is 32.2 Å². The van der Waals surface area contributed by atoms with E-state index in [4.69, 9.17) is 14.2 Å². The Balaban J connectivity index is 1.51. The fraction of sp³-hybridized carbons (Fsp3) is 0.375. The molecule has 0 aromatic heterocycles. The molecule has 1 aliphatic heterocycles. The highest BCUT2D eigenvalue weighted by atomic mass is 16.5. The molecule has 0 aliphatic carbocycles. The number of hydrogen-bond acceptors (Lipinski definition) is 6. The van der Waals surface area contributed by atoms with E-state index >= 15 is 0 Å². The number of nitrogens with one attached hydrogen (secondary N) is 1. The van der Waals surface area contributed by atoms with Crippen molar-refractivity contribution in [1.82, 2.24) is 10.2 Å². The fourth-order valence-corrected chi connectivity index (χ4v) is 3.72. The van der Waals surface area contributed by atoms with Crippen molar-refractivity contribution < 1.29 is 28.6 Å². The molecule has 1 fully saturated rings. The zero-order valence-electron chi connectivity index (χ0n) is 18.6. The lowest BCUT2D eigenvalue weighted by Crippen LogP contribution is -2.46.